The number of terminal acetylenes is 1. The second-order valence-electron chi connectivity index (χ2n) is 5.40. The molecule has 0 aromatic carbocycles. The Morgan fingerprint density at radius 2 is 2.08 bits per heavy atom. The van der Waals surface area contributed by atoms with Crippen molar-refractivity contribution in [3.05, 3.63) is 17.8 Å². The summed E-state index contributed by atoms with van der Waals surface area (Å²) < 4.78 is 6.71. The Morgan fingerprint density at radius 1 is 1.38 bits per heavy atom. The third kappa shape index (κ3) is 1.79. The fourth-order valence-corrected chi connectivity index (χ4v) is 2.84. The van der Waals surface area contributed by atoms with E-state index in [0.29, 0.717) is 5.52 Å². The number of aromatic nitrogens is 3. The van der Waals surface area contributed by atoms with Crippen LogP contribution in [0.3, 0.4) is 0 Å². The van der Waals surface area contributed by atoms with E-state index in [1.807, 2.05) is 6.07 Å². The van der Waals surface area contributed by atoms with Gasteiger partial charge in [0.25, 0.3) is 0 Å². The zero-order valence-electron chi connectivity index (χ0n) is 12.3. The summed E-state index contributed by atoms with van der Waals surface area (Å²) in [5.41, 5.74) is 7.66. The van der Waals surface area contributed by atoms with Gasteiger partial charge in [0.2, 0.25) is 11.5 Å². The second kappa shape index (κ2) is 5.06. The van der Waals surface area contributed by atoms with E-state index in [2.05, 4.69) is 16.0 Å². The largest absolute Gasteiger partial charge is 0.392 e. The Balaban J connectivity index is 2.28. The van der Waals surface area contributed by atoms with Gasteiger partial charge >= 0.3 is 0 Å². The van der Waals surface area contributed by atoms with E-state index in [0.717, 1.165) is 0 Å². The number of aliphatic hydroxyl groups excluding tert-OH is 3. The van der Waals surface area contributed by atoms with Gasteiger partial charge in [0, 0.05) is 0 Å². The summed E-state index contributed by atoms with van der Waals surface area (Å²) in [7, 11) is 0. The molecule has 0 radical (unpaired) electrons. The lowest BCUT2D eigenvalue weighted by atomic mass is 9.89. The van der Waals surface area contributed by atoms with Crippen LogP contribution in [0.2, 0.25) is 0 Å². The molecule has 7 N–H and O–H groups in total. The molecule has 10 heteroatoms. The fourth-order valence-electron chi connectivity index (χ4n) is 2.84. The number of nitrogens with two attached hydrogens (primary N) is 2. The van der Waals surface area contributed by atoms with E-state index in [1.165, 1.54) is 16.6 Å². The lowest BCUT2D eigenvalue weighted by molar-refractivity contribution is -0.101. The summed E-state index contributed by atoms with van der Waals surface area (Å²) in [5, 5.41) is 43.8. The van der Waals surface area contributed by atoms with Crippen LogP contribution >= 0.6 is 0 Å². The predicted molar refractivity (Wildman–Crippen MR) is 80.9 cm³/mol. The number of ether oxygens (including phenoxy) is 1. The average molecular weight is 330 g/mol. The molecule has 0 aliphatic carbocycles. The van der Waals surface area contributed by atoms with Gasteiger partial charge in [-0.1, -0.05) is 5.92 Å². The van der Waals surface area contributed by atoms with Gasteiger partial charge in [0.1, 0.15) is 23.8 Å². The molecular weight excluding hydrogens is 316 g/mol. The molecule has 2 aromatic rings. The Hall–Kier alpha value is -2.89. The first kappa shape index (κ1) is 16.0. The van der Waals surface area contributed by atoms with Crippen LogP contribution in [0, 0.1) is 23.7 Å². The zero-order valence-corrected chi connectivity index (χ0v) is 12.3. The highest BCUT2D eigenvalue weighted by Crippen LogP contribution is 2.45. The first-order chi connectivity index (χ1) is 11.3. The number of hydrogen-bond acceptors (Lipinski definition) is 9. The average Bonchev–Trinajstić information content (AvgIpc) is 3.08. The number of nitriles is 1. The van der Waals surface area contributed by atoms with Crippen LogP contribution < -0.4 is 11.5 Å². The highest BCUT2D eigenvalue weighted by atomic mass is 16.6. The normalized spacial score (nSPS) is 32.5. The van der Waals surface area contributed by atoms with Gasteiger partial charge in [-0.2, -0.15) is 10.2 Å². The number of anilines is 2. The molecule has 124 valence electrons. The minimum absolute atomic E-state index is 0.0397. The van der Waals surface area contributed by atoms with Crippen LogP contribution in [0.5, 0.6) is 0 Å². The number of nitrogens with zero attached hydrogens (tertiary/aromatic N) is 4. The molecule has 2 aromatic heterocycles. The SMILES string of the molecule is C#C[C@]1(CO)O[C@@](C#N)(c2ccc3c(N)nc(N)nn23)[C@@H](O)C1O. The molecule has 0 bridgehead atoms. The van der Waals surface area contributed by atoms with Crippen molar-refractivity contribution in [2.45, 2.75) is 23.4 Å². The van der Waals surface area contributed by atoms with Crippen molar-refractivity contribution in [3.8, 4) is 18.4 Å². The van der Waals surface area contributed by atoms with Crippen LogP contribution in [0.1, 0.15) is 5.69 Å². The van der Waals surface area contributed by atoms with E-state index in [9.17, 15) is 20.6 Å². The molecule has 0 saturated carbocycles. The Bertz CT molecular complexity index is 899. The molecule has 0 amide bonds. The minimum atomic E-state index is -2.09. The molecule has 1 unspecified atom stereocenters. The van der Waals surface area contributed by atoms with Crippen molar-refractivity contribution in [2.24, 2.45) is 0 Å². The number of fused-ring (bicyclic) bond motifs is 1. The first-order valence-electron chi connectivity index (χ1n) is 6.82. The molecule has 3 heterocycles. The second-order valence-corrected chi connectivity index (χ2v) is 5.40. The van der Waals surface area contributed by atoms with Gasteiger partial charge in [-0.15, -0.1) is 11.5 Å². The molecule has 1 saturated heterocycles. The summed E-state index contributed by atoms with van der Waals surface area (Å²) in [6, 6.07) is 4.73. The highest BCUT2D eigenvalue weighted by Gasteiger charge is 2.64. The van der Waals surface area contributed by atoms with Crippen molar-refractivity contribution in [3.63, 3.8) is 0 Å². The number of hydrogen-bond donors (Lipinski definition) is 5. The van der Waals surface area contributed by atoms with E-state index in [1.54, 1.807) is 0 Å². The maximum Gasteiger partial charge on any atom is 0.240 e. The number of rotatable bonds is 2. The summed E-state index contributed by atoms with van der Waals surface area (Å²) >= 11 is 0. The Morgan fingerprint density at radius 3 is 2.62 bits per heavy atom. The van der Waals surface area contributed by atoms with Crippen molar-refractivity contribution in [1.29, 1.82) is 5.26 Å². The molecule has 10 nitrogen and oxygen atoms in total. The molecule has 1 aliphatic rings. The summed E-state index contributed by atoms with van der Waals surface area (Å²) in [6.07, 6.45) is 1.89. The summed E-state index contributed by atoms with van der Waals surface area (Å²) in [5.74, 6) is 2.00. The highest BCUT2D eigenvalue weighted by molar-refractivity contribution is 5.67. The minimum Gasteiger partial charge on any atom is -0.392 e. The quantitative estimate of drug-likeness (QED) is 0.380. The van der Waals surface area contributed by atoms with Crippen molar-refractivity contribution in [2.75, 3.05) is 18.1 Å². The van der Waals surface area contributed by atoms with E-state index in [4.69, 9.17) is 22.6 Å². The zero-order chi connectivity index (χ0) is 17.7. The lowest BCUT2D eigenvalue weighted by Crippen LogP contribution is -2.45. The summed E-state index contributed by atoms with van der Waals surface area (Å²) in [4.78, 5) is 3.80. The van der Waals surface area contributed by atoms with Crippen LogP contribution in [0.25, 0.3) is 5.52 Å². The van der Waals surface area contributed by atoms with Gasteiger partial charge in [-0.05, 0) is 12.1 Å². The molecular formula is C14H14N6O4. The Kier molecular flexibility index (Phi) is 3.37. The number of nitrogen functional groups attached to an aromatic ring is 2. The van der Waals surface area contributed by atoms with E-state index < -0.39 is 30.0 Å². The van der Waals surface area contributed by atoms with Crippen molar-refractivity contribution >= 4 is 17.3 Å². The fraction of sp³-hybridized carbons (Fsp3) is 0.357. The van der Waals surface area contributed by atoms with Crippen LogP contribution in [0.15, 0.2) is 12.1 Å². The lowest BCUT2D eigenvalue weighted by Gasteiger charge is -2.26. The predicted octanol–water partition coefficient (Wildman–Crippen LogP) is -2.27. The van der Waals surface area contributed by atoms with Crippen molar-refractivity contribution in [1.82, 2.24) is 14.6 Å². The maximum absolute atomic E-state index is 10.5. The molecule has 24 heavy (non-hydrogen) atoms. The Labute approximate surface area is 135 Å². The first-order valence-corrected chi connectivity index (χ1v) is 6.82. The monoisotopic (exact) mass is 330 g/mol. The van der Waals surface area contributed by atoms with E-state index in [-0.39, 0.29) is 17.5 Å². The molecule has 0 spiro atoms. The van der Waals surface area contributed by atoms with Crippen LogP contribution in [0.4, 0.5) is 11.8 Å². The summed E-state index contributed by atoms with van der Waals surface area (Å²) in [6.45, 7) is -0.798. The van der Waals surface area contributed by atoms with Gasteiger partial charge in [0.05, 0.1) is 12.3 Å². The maximum atomic E-state index is 10.5. The molecule has 1 fully saturated rings. The number of aliphatic hydroxyl groups is 3. The molecule has 3 rings (SSSR count). The van der Waals surface area contributed by atoms with Crippen molar-refractivity contribution < 1.29 is 20.1 Å². The van der Waals surface area contributed by atoms with E-state index >= 15 is 0 Å². The van der Waals surface area contributed by atoms with Crippen LogP contribution in [-0.2, 0) is 10.3 Å². The molecule has 4 atom stereocenters. The topological polar surface area (TPSA) is 176 Å². The van der Waals surface area contributed by atoms with Gasteiger partial charge in [-0.3, -0.25) is 0 Å². The van der Waals surface area contributed by atoms with Gasteiger partial charge in [-0.25, -0.2) is 4.52 Å². The standard InChI is InChI=1S/C14H14N6O4/c1-2-13(6-21)9(22)10(23)14(5-15,24-13)8-4-3-7-11(16)18-12(17)19-20(7)8/h1,3-4,9-10,21-23H,6H2,(H4,16,17,18,19)/t9?,10-,13+,14-/m0/s1. The third-order valence-corrected chi connectivity index (χ3v) is 4.12. The third-order valence-electron chi connectivity index (χ3n) is 4.12. The molecule has 1 aliphatic heterocycles. The van der Waals surface area contributed by atoms with Crippen LogP contribution in [-0.4, -0.2) is 54.3 Å². The van der Waals surface area contributed by atoms with Gasteiger partial charge < -0.3 is 31.5 Å². The van der Waals surface area contributed by atoms with Gasteiger partial charge in [0.15, 0.2) is 11.4 Å². The smallest absolute Gasteiger partial charge is 0.240 e.